The lowest BCUT2D eigenvalue weighted by Crippen LogP contribution is -2.19. The second-order valence-corrected chi connectivity index (χ2v) is 6.80. The molecule has 0 amide bonds. The minimum absolute atomic E-state index is 0.0521. The first-order valence-corrected chi connectivity index (χ1v) is 9.38. The van der Waals surface area contributed by atoms with Gasteiger partial charge in [0.05, 0.1) is 23.3 Å². The van der Waals surface area contributed by atoms with E-state index in [1.165, 1.54) is 42.8 Å². The van der Waals surface area contributed by atoms with Crippen LogP contribution in [0.15, 0.2) is 67.0 Å². The number of aromatic nitrogens is 2. The van der Waals surface area contributed by atoms with E-state index in [0.29, 0.717) is 22.4 Å². The van der Waals surface area contributed by atoms with E-state index in [2.05, 4.69) is 9.97 Å². The van der Waals surface area contributed by atoms with Crippen LogP contribution in [-0.4, -0.2) is 22.2 Å². The average molecular weight is 426 g/mol. The lowest BCUT2D eigenvalue weighted by molar-refractivity contribution is 0.121. The highest BCUT2D eigenvalue weighted by molar-refractivity contribution is 6.31. The van der Waals surface area contributed by atoms with Crippen LogP contribution in [0, 0.1) is 5.82 Å². The van der Waals surface area contributed by atoms with Crippen molar-refractivity contribution < 1.29 is 19.1 Å². The summed E-state index contributed by atoms with van der Waals surface area (Å²) in [5.74, 6) is 0.0323. The van der Waals surface area contributed by atoms with Crippen molar-refractivity contribution in [1.29, 1.82) is 0 Å². The summed E-state index contributed by atoms with van der Waals surface area (Å²) in [5, 5.41) is 12.2. The molecule has 1 heterocycles. The standard InChI is InChI=1S/C22H17ClFN3O3/c1-29-21-11-19-16(10-20(21)28)22(26-13-25-19)27(15-7-8-18(24)17(23)9-15)30-12-14-5-3-2-4-6-14/h2-11,13,28H,12H2,1H3. The number of aromatic hydroxyl groups is 1. The molecule has 0 aliphatic carbocycles. The minimum atomic E-state index is -0.543. The largest absolute Gasteiger partial charge is 0.504 e. The number of ether oxygens (including phenoxy) is 1. The predicted molar refractivity (Wildman–Crippen MR) is 113 cm³/mol. The number of phenols is 1. The Balaban J connectivity index is 1.82. The Morgan fingerprint density at radius 1 is 1.07 bits per heavy atom. The van der Waals surface area contributed by atoms with Gasteiger partial charge in [-0.25, -0.2) is 19.4 Å². The molecule has 6 nitrogen and oxygen atoms in total. The highest BCUT2D eigenvalue weighted by Crippen LogP contribution is 2.37. The first-order valence-electron chi connectivity index (χ1n) is 9.00. The molecule has 0 bridgehead atoms. The van der Waals surface area contributed by atoms with Gasteiger partial charge in [0.25, 0.3) is 0 Å². The first-order chi connectivity index (χ1) is 14.6. The molecule has 1 N–H and O–H groups in total. The highest BCUT2D eigenvalue weighted by Gasteiger charge is 2.19. The maximum Gasteiger partial charge on any atom is 0.169 e. The molecule has 1 aromatic heterocycles. The molecule has 0 fully saturated rings. The Morgan fingerprint density at radius 2 is 1.87 bits per heavy atom. The maximum absolute atomic E-state index is 13.7. The summed E-state index contributed by atoms with van der Waals surface area (Å²) >= 11 is 6.00. The minimum Gasteiger partial charge on any atom is -0.504 e. The summed E-state index contributed by atoms with van der Waals surface area (Å²) in [5.41, 5.74) is 1.93. The summed E-state index contributed by atoms with van der Waals surface area (Å²) in [6.07, 6.45) is 1.37. The second kappa shape index (κ2) is 8.52. The highest BCUT2D eigenvalue weighted by atomic mass is 35.5. The van der Waals surface area contributed by atoms with Crippen LogP contribution in [-0.2, 0) is 11.4 Å². The van der Waals surface area contributed by atoms with Gasteiger partial charge in [-0.05, 0) is 29.8 Å². The summed E-state index contributed by atoms with van der Waals surface area (Å²) in [4.78, 5) is 14.6. The van der Waals surface area contributed by atoms with Gasteiger partial charge in [-0.3, -0.25) is 4.84 Å². The van der Waals surface area contributed by atoms with Gasteiger partial charge in [0.1, 0.15) is 18.8 Å². The molecule has 0 saturated carbocycles. The van der Waals surface area contributed by atoms with Crippen LogP contribution >= 0.6 is 11.6 Å². The molecule has 4 rings (SSSR count). The van der Waals surface area contributed by atoms with Crippen molar-refractivity contribution >= 4 is 34.0 Å². The second-order valence-electron chi connectivity index (χ2n) is 6.39. The number of nitrogens with zero attached hydrogens (tertiary/aromatic N) is 3. The molecule has 0 spiro atoms. The lowest BCUT2D eigenvalue weighted by Gasteiger charge is -2.24. The van der Waals surface area contributed by atoms with Crippen molar-refractivity contribution in [1.82, 2.24) is 9.97 Å². The van der Waals surface area contributed by atoms with E-state index in [-0.39, 0.29) is 23.1 Å². The van der Waals surface area contributed by atoms with Crippen LogP contribution in [0.25, 0.3) is 10.9 Å². The van der Waals surface area contributed by atoms with Crippen LogP contribution in [0.5, 0.6) is 11.5 Å². The van der Waals surface area contributed by atoms with Crippen molar-refractivity contribution in [2.24, 2.45) is 0 Å². The molecule has 0 aliphatic heterocycles. The van der Waals surface area contributed by atoms with E-state index < -0.39 is 5.82 Å². The van der Waals surface area contributed by atoms with E-state index in [4.69, 9.17) is 21.2 Å². The van der Waals surface area contributed by atoms with E-state index >= 15 is 0 Å². The van der Waals surface area contributed by atoms with Gasteiger partial charge in [0.2, 0.25) is 0 Å². The molecule has 152 valence electrons. The molecule has 0 atom stereocenters. The lowest BCUT2D eigenvalue weighted by atomic mass is 10.2. The Labute approximate surface area is 177 Å². The van der Waals surface area contributed by atoms with Gasteiger partial charge in [-0.1, -0.05) is 41.9 Å². The third-order valence-corrected chi connectivity index (χ3v) is 4.74. The van der Waals surface area contributed by atoms with Crippen LogP contribution in [0.2, 0.25) is 5.02 Å². The smallest absolute Gasteiger partial charge is 0.169 e. The predicted octanol–water partition coefficient (Wildman–Crippen LogP) is 5.41. The molecule has 0 aliphatic rings. The Kier molecular flexibility index (Phi) is 5.65. The van der Waals surface area contributed by atoms with Crippen molar-refractivity contribution in [3.05, 3.63) is 83.4 Å². The molecule has 0 radical (unpaired) electrons. The zero-order valence-electron chi connectivity index (χ0n) is 15.9. The molecule has 8 heteroatoms. The number of hydrogen-bond acceptors (Lipinski definition) is 6. The van der Waals surface area contributed by atoms with E-state index in [9.17, 15) is 9.50 Å². The zero-order chi connectivity index (χ0) is 21.1. The number of rotatable bonds is 6. The van der Waals surface area contributed by atoms with Crippen LogP contribution in [0.1, 0.15) is 5.56 Å². The van der Waals surface area contributed by atoms with Gasteiger partial charge >= 0.3 is 0 Å². The SMILES string of the molecule is COc1cc2ncnc(N(OCc3ccccc3)c3ccc(F)c(Cl)c3)c2cc1O. The number of halogens is 2. The number of benzene rings is 3. The van der Waals surface area contributed by atoms with Crippen molar-refractivity contribution in [2.45, 2.75) is 6.61 Å². The fourth-order valence-corrected chi connectivity index (χ4v) is 3.14. The monoisotopic (exact) mass is 425 g/mol. The number of phenolic OH excluding ortho intramolecular Hbond substituents is 1. The van der Waals surface area contributed by atoms with Crippen molar-refractivity contribution in [2.75, 3.05) is 12.2 Å². The topological polar surface area (TPSA) is 67.7 Å². The Bertz CT molecular complexity index is 1190. The fourth-order valence-electron chi connectivity index (χ4n) is 2.97. The molecular weight excluding hydrogens is 409 g/mol. The molecule has 30 heavy (non-hydrogen) atoms. The van der Waals surface area contributed by atoms with E-state index in [0.717, 1.165) is 5.56 Å². The van der Waals surface area contributed by atoms with Gasteiger partial charge in [-0.15, -0.1) is 0 Å². The summed E-state index contributed by atoms with van der Waals surface area (Å²) in [7, 11) is 1.46. The molecular formula is C22H17ClFN3O3. The Hall–Kier alpha value is -3.42. The van der Waals surface area contributed by atoms with Crippen LogP contribution < -0.4 is 9.80 Å². The average Bonchev–Trinajstić information content (AvgIpc) is 2.76. The fraction of sp³-hybridized carbons (Fsp3) is 0.0909. The number of fused-ring (bicyclic) bond motifs is 1. The van der Waals surface area contributed by atoms with Crippen molar-refractivity contribution in [3.63, 3.8) is 0 Å². The number of hydrogen-bond donors (Lipinski definition) is 1. The van der Waals surface area contributed by atoms with Gasteiger partial charge < -0.3 is 9.84 Å². The normalized spacial score (nSPS) is 10.9. The number of anilines is 2. The first kappa shape index (κ1) is 19.9. The van der Waals surface area contributed by atoms with Crippen LogP contribution in [0.4, 0.5) is 15.9 Å². The zero-order valence-corrected chi connectivity index (χ0v) is 16.7. The maximum atomic E-state index is 13.7. The summed E-state index contributed by atoms with van der Waals surface area (Å²) < 4.78 is 18.9. The summed E-state index contributed by atoms with van der Waals surface area (Å²) in [6.45, 7) is 0.226. The number of methoxy groups -OCH3 is 1. The molecule has 0 saturated heterocycles. The van der Waals surface area contributed by atoms with Gasteiger partial charge in [-0.2, -0.15) is 0 Å². The van der Waals surface area contributed by atoms with E-state index in [1.807, 2.05) is 30.3 Å². The molecule has 4 aromatic rings. The van der Waals surface area contributed by atoms with Crippen molar-refractivity contribution in [3.8, 4) is 11.5 Å². The van der Waals surface area contributed by atoms with E-state index in [1.54, 1.807) is 6.07 Å². The molecule has 0 unspecified atom stereocenters. The van der Waals surface area contributed by atoms with Crippen LogP contribution in [0.3, 0.4) is 0 Å². The third kappa shape index (κ3) is 3.98. The summed E-state index contributed by atoms with van der Waals surface area (Å²) in [6, 6.07) is 16.9. The molecule has 3 aromatic carbocycles. The van der Waals surface area contributed by atoms with Gasteiger partial charge in [0.15, 0.2) is 17.3 Å². The Morgan fingerprint density at radius 3 is 2.60 bits per heavy atom. The third-order valence-electron chi connectivity index (χ3n) is 4.45. The quantitative estimate of drug-likeness (QED) is 0.417. The van der Waals surface area contributed by atoms with Gasteiger partial charge in [0, 0.05) is 11.5 Å².